The van der Waals surface area contributed by atoms with E-state index in [2.05, 4.69) is 6.92 Å². The highest BCUT2D eigenvalue weighted by atomic mass is 16.1. The van der Waals surface area contributed by atoms with Gasteiger partial charge < -0.3 is 9.59 Å². The van der Waals surface area contributed by atoms with Gasteiger partial charge in [-0.05, 0) is 19.3 Å². The molecule has 0 aliphatic heterocycles. The van der Waals surface area contributed by atoms with Crippen LogP contribution in [0.3, 0.4) is 0 Å². The van der Waals surface area contributed by atoms with Crippen LogP contribution in [0.4, 0.5) is 0 Å². The molecule has 0 amide bonds. The molecule has 0 rings (SSSR count). The molecule has 0 heterocycles. The molecule has 2 heteroatoms. The Morgan fingerprint density at radius 1 is 1.17 bits per heavy atom. The molecule has 1 unspecified atom stereocenters. The van der Waals surface area contributed by atoms with Crippen molar-refractivity contribution in [2.75, 3.05) is 0 Å². The maximum absolute atomic E-state index is 10.5. The van der Waals surface area contributed by atoms with Crippen LogP contribution in [0.15, 0.2) is 0 Å². The summed E-state index contributed by atoms with van der Waals surface area (Å²) in [4.78, 5) is 20.5. The third-order valence-electron chi connectivity index (χ3n) is 2.00. The summed E-state index contributed by atoms with van der Waals surface area (Å²) >= 11 is 0. The van der Waals surface area contributed by atoms with E-state index in [1.807, 2.05) is 0 Å². The Hall–Kier alpha value is -0.660. The van der Waals surface area contributed by atoms with Crippen LogP contribution < -0.4 is 0 Å². The number of unbranched alkanes of at least 4 members (excludes halogenated alkanes) is 2. The van der Waals surface area contributed by atoms with Gasteiger partial charge in [0.05, 0.1) is 0 Å². The zero-order valence-corrected chi connectivity index (χ0v) is 7.79. The van der Waals surface area contributed by atoms with E-state index in [9.17, 15) is 9.59 Å². The Morgan fingerprint density at radius 2 is 1.92 bits per heavy atom. The Balaban J connectivity index is 3.30. The zero-order valence-electron chi connectivity index (χ0n) is 7.79. The van der Waals surface area contributed by atoms with E-state index in [1.54, 1.807) is 0 Å². The Labute approximate surface area is 74.3 Å². The maximum Gasteiger partial charge on any atom is 0.123 e. The van der Waals surface area contributed by atoms with Gasteiger partial charge in [0.15, 0.2) is 0 Å². The predicted octanol–water partition coefficient (Wildman–Crippen LogP) is 2.36. The lowest BCUT2D eigenvalue weighted by Crippen LogP contribution is -2.01. The zero-order chi connectivity index (χ0) is 9.23. The monoisotopic (exact) mass is 170 g/mol. The molecule has 0 fully saturated rings. The summed E-state index contributed by atoms with van der Waals surface area (Å²) < 4.78 is 0. The number of hydrogen-bond donors (Lipinski definition) is 0. The van der Waals surface area contributed by atoms with E-state index in [4.69, 9.17) is 0 Å². The van der Waals surface area contributed by atoms with Crippen molar-refractivity contribution < 1.29 is 9.59 Å². The smallest absolute Gasteiger partial charge is 0.123 e. The van der Waals surface area contributed by atoms with Crippen LogP contribution in [0.5, 0.6) is 0 Å². The van der Waals surface area contributed by atoms with E-state index in [-0.39, 0.29) is 5.92 Å². The van der Waals surface area contributed by atoms with Crippen molar-refractivity contribution in [3.05, 3.63) is 0 Å². The average molecular weight is 170 g/mol. The van der Waals surface area contributed by atoms with Gasteiger partial charge in [0.1, 0.15) is 12.6 Å². The first-order valence-electron chi connectivity index (χ1n) is 4.74. The molecule has 0 spiro atoms. The van der Waals surface area contributed by atoms with Crippen LogP contribution >= 0.6 is 0 Å². The molecule has 1 atom stereocenters. The summed E-state index contributed by atoms with van der Waals surface area (Å²) in [6.45, 7) is 2.09. The normalized spacial score (nSPS) is 12.4. The van der Waals surface area contributed by atoms with Crippen molar-refractivity contribution in [3.63, 3.8) is 0 Å². The molecule has 0 aromatic heterocycles. The summed E-state index contributed by atoms with van der Waals surface area (Å²) in [6.07, 6.45) is 7.56. The van der Waals surface area contributed by atoms with Crippen LogP contribution in [0.25, 0.3) is 0 Å². The van der Waals surface area contributed by atoms with Gasteiger partial charge in [0, 0.05) is 12.3 Å². The van der Waals surface area contributed by atoms with Crippen molar-refractivity contribution in [3.8, 4) is 0 Å². The van der Waals surface area contributed by atoms with Gasteiger partial charge in [-0.15, -0.1) is 0 Å². The van der Waals surface area contributed by atoms with E-state index < -0.39 is 0 Å². The van der Waals surface area contributed by atoms with Gasteiger partial charge in [-0.25, -0.2) is 0 Å². The largest absolute Gasteiger partial charge is 0.303 e. The molecule has 12 heavy (non-hydrogen) atoms. The first kappa shape index (κ1) is 11.3. The quantitative estimate of drug-likeness (QED) is 0.414. The lowest BCUT2D eigenvalue weighted by Gasteiger charge is -2.06. The second-order valence-corrected chi connectivity index (χ2v) is 3.14. The van der Waals surface area contributed by atoms with Crippen molar-refractivity contribution in [1.29, 1.82) is 0 Å². The lowest BCUT2D eigenvalue weighted by atomic mass is 9.98. The summed E-state index contributed by atoms with van der Waals surface area (Å²) in [5.41, 5.74) is 0. The Morgan fingerprint density at radius 3 is 2.42 bits per heavy atom. The third-order valence-corrected chi connectivity index (χ3v) is 2.00. The van der Waals surface area contributed by atoms with E-state index in [0.717, 1.165) is 44.7 Å². The van der Waals surface area contributed by atoms with Crippen LogP contribution in [0.1, 0.15) is 45.4 Å². The Kier molecular flexibility index (Phi) is 7.97. The van der Waals surface area contributed by atoms with Gasteiger partial charge in [-0.3, -0.25) is 0 Å². The van der Waals surface area contributed by atoms with Gasteiger partial charge >= 0.3 is 0 Å². The van der Waals surface area contributed by atoms with Crippen LogP contribution in [-0.2, 0) is 9.59 Å². The summed E-state index contributed by atoms with van der Waals surface area (Å²) in [6, 6.07) is 0. The first-order valence-corrected chi connectivity index (χ1v) is 4.74. The molecule has 0 saturated carbocycles. The van der Waals surface area contributed by atoms with Crippen molar-refractivity contribution >= 4 is 12.6 Å². The van der Waals surface area contributed by atoms with Crippen LogP contribution in [-0.4, -0.2) is 12.6 Å². The van der Waals surface area contributed by atoms with Gasteiger partial charge in [-0.2, -0.15) is 0 Å². The topological polar surface area (TPSA) is 34.1 Å². The molecule has 2 nitrogen and oxygen atoms in total. The molecule has 0 aliphatic rings. The standard InChI is InChI=1S/C10H18O2/c1-2-6-10(9-12)7-4-3-5-8-11/h8-10H,2-7H2,1H3. The summed E-state index contributed by atoms with van der Waals surface area (Å²) in [7, 11) is 0. The number of hydrogen-bond acceptors (Lipinski definition) is 2. The number of carbonyl (C=O) groups excluding carboxylic acids is 2. The molecule has 70 valence electrons. The molecule has 0 aromatic carbocycles. The predicted molar refractivity (Wildman–Crippen MR) is 49.0 cm³/mol. The highest BCUT2D eigenvalue weighted by Crippen LogP contribution is 2.12. The van der Waals surface area contributed by atoms with Crippen LogP contribution in [0, 0.1) is 5.92 Å². The molecular formula is C10H18O2. The fourth-order valence-corrected chi connectivity index (χ4v) is 1.29. The van der Waals surface area contributed by atoms with Crippen molar-refractivity contribution in [2.24, 2.45) is 5.92 Å². The second-order valence-electron chi connectivity index (χ2n) is 3.14. The molecule has 0 radical (unpaired) electrons. The average Bonchev–Trinajstić information content (AvgIpc) is 2.10. The van der Waals surface area contributed by atoms with Gasteiger partial charge in [0.2, 0.25) is 0 Å². The van der Waals surface area contributed by atoms with E-state index >= 15 is 0 Å². The highest BCUT2D eigenvalue weighted by molar-refractivity contribution is 5.53. The highest BCUT2D eigenvalue weighted by Gasteiger charge is 2.04. The van der Waals surface area contributed by atoms with Gasteiger partial charge in [-0.1, -0.05) is 19.8 Å². The van der Waals surface area contributed by atoms with E-state index in [0.29, 0.717) is 6.42 Å². The number of carbonyl (C=O) groups is 2. The fraction of sp³-hybridized carbons (Fsp3) is 0.800. The SMILES string of the molecule is CCCC(C=O)CCCCC=O. The summed E-state index contributed by atoms with van der Waals surface area (Å²) in [5, 5.41) is 0. The molecule has 0 aromatic rings. The minimum absolute atomic E-state index is 0.224. The Bertz CT molecular complexity index is 121. The van der Waals surface area contributed by atoms with Crippen LogP contribution in [0.2, 0.25) is 0 Å². The molecule has 0 aliphatic carbocycles. The first-order chi connectivity index (χ1) is 5.85. The van der Waals surface area contributed by atoms with Crippen molar-refractivity contribution in [1.82, 2.24) is 0 Å². The minimum Gasteiger partial charge on any atom is -0.303 e. The molecule has 0 bridgehead atoms. The van der Waals surface area contributed by atoms with E-state index in [1.165, 1.54) is 0 Å². The van der Waals surface area contributed by atoms with Gasteiger partial charge in [0.25, 0.3) is 0 Å². The number of aldehydes is 2. The second kappa shape index (κ2) is 8.44. The third kappa shape index (κ3) is 6.08. The molecular weight excluding hydrogens is 152 g/mol. The van der Waals surface area contributed by atoms with Crippen molar-refractivity contribution in [2.45, 2.75) is 45.4 Å². The molecule has 0 saturated heterocycles. The summed E-state index contributed by atoms with van der Waals surface area (Å²) in [5.74, 6) is 0.224. The molecule has 0 N–H and O–H groups in total. The maximum atomic E-state index is 10.5. The lowest BCUT2D eigenvalue weighted by molar-refractivity contribution is -0.111. The fourth-order valence-electron chi connectivity index (χ4n) is 1.29. The minimum atomic E-state index is 0.224. The number of rotatable bonds is 8.